The molecule has 1 atom stereocenters. The Hall–Kier alpha value is -3.70. The predicted octanol–water partition coefficient (Wildman–Crippen LogP) is 3.68. The average Bonchev–Trinajstić information content (AvgIpc) is 3.21. The summed E-state index contributed by atoms with van der Waals surface area (Å²) in [6.07, 6.45) is -2.34. The number of nitrogens with zero attached hydrogens (tertiary/aromatic N) is 5. The minimum Gasteiger partial charge on any atom is -0.490 e. The number of ether oxygens (including phenoxy) is 1. The molecule has 1 saturated heterocycles. The summed E-state index contributed by atoms with van der Waals surface area (Å²) < 4.78 is 45.7. The van der Waals surface area contributed by atoms with E-state index in [4.69, 9.17) is 4.74 Å². The van der Waals surface area contributed by atoms with Gasteiger partial charge in [0.05, 0.1) is 17.6 Å². The van der Waals surface area contributed by atoms with Crippen molar-refractivity contribution >= 4 is 17.2 Å². The number of alkyl halides is 3. The normalized spacial score (nSPS) is 16.9. The van der Waals surface area contributed by atoms with Crippen molar-refractivity contribution in [1.82, 2.24) is 19.5 Å². The van der Waals surface area contributed by atoms with Crippen LogP contribution in [0, 0.1) is 10.1 Å². The fraction of sp³-hybridized carbons (Fsp3) is 0.350. The molecular formula is C20H18F3N5O4. The number of aromatic nitrogens is 3. The second-order valence-electron chi connectivity index (χ2n) is 7.44. The standard InChI is InChI=1S/C20H18F3N5O4/c1-32-16-6-4-12(9-15(16)28(30)31)19(29)26-8-2-3-13(10-26)18-25-24-17-7-5-14(11-27(17)18)20(21,22)23/h4-7,9,11,13H,2-3,8,10H2,1H3. The zero-order valence-electron chi connectivity index (χ0n) is 16.9. The summed E-state index contributed by atoms with van der Waals surface area (Å²) in [4.78, 5) is 25.2. The number of methoxy groups -OCH3 is 1. The lowest BCUT2D eigenvalue weighted by molar-refractivity contribution is -0.385. The second kappa shape index (κ2) is 8.09. The highest BCUT2D eigenvalue weighted by molar-refractivity contribution is 5.95. The summed E-state index contributed by atoms with van der Waals surface area (Å²) in [6.45, 7) is 0.620. The molecule has 0 aliphatic carbocycles. The molecule has 1 unspecified atom stereocenters. The van der Waals surface area contributed by atoms with E-state index >= 15 is 0 Å². The molecule has 12 heteroatoms. The highest BCUT2D eigenvalue weighted by Crippen LogP contribution is 2.32. The van der Waals surface area contributed by atoms with Crippen LogP contribution in [0.2, 0.25) is 0 Å². The highest BCUT2D eigenvalue weighted by Gasteiger charge is 2.33. The number of amides is 1. The first-order chi connectivity index (χ1) is 15.2. The molecule has 3 heterocycles. The van der Waals surface area contributed by atoms with Gasteiger partial charge in [0, 0.05) is 36.8 Å². The van der Waals surface area contributed by atoms with Crippen LogP contribution >= 0.6 is 0 Å². The Labute approximate surface area is 179 Å². The molecular weight excluding hydrogens is 431 g/mol. The number of benzene rings is 1. The summed E-state index contributed by atoms with van der Waals surface area (Å²) >= 11 is 0. The van der Waals surface area contributed by atoms with Crippen LogP contribution in [0.5, 0.6) is 5.75 Å². The third-order valence-electron chi connectivity index (χ3n) is 5.45. The molecule has 4 rings (SSSR count). The number of nitro benzene ring substituents is 1. The van der Waals surface area contributed by atoms with Gasteiger partial charge in [-0.2, -0.15) is 13.2 Å². The molecule has 1 aliphatic heterocycles. The number of piperidine rings is 1. The van der Waals surface area contributed by atoms with Crippen molar-refractivity contribution in [1.29, 1.82) is 0 Å². The number of likely N-dealkylation sites (tertiary alicyclic amines) is 1. The van der Waals surface area contributed by atoms with Crippen LogP contribution in [0.3, 0.4) is 0 Å². The molecule has 0 bridgehead atoms. The van der Waals surface area contributed by atoms with Gasteiger partial charge in [-0.25, -0.2) is 0 Å². The molecule has 32 heavy (non-hydrogen) atoms. The largest absolute Gasteiger partial charge is 0.490 e. The third-order valence-corrected chi connectivity index (χ3v) is 5.45. The summed E-state index contributed by atoms with van der Waals surface area (Å²) in [5.41, 5.74) is -0.735. The van der Waals surface area contributed by atoms with Crippen LogP contribution in [-0.4, -0.2) is 50.5 Å². The number of hydrogen-bond acceptors (Lipinski definition) is 6. The van der Waals surface area contributed by atoms with Gasteiger partial charge in [-0.05, 0) is 37.1 Å². The smallest absolute Gasteiger partial charge is 0.417 e. The van der Waals surface area contributed by atoms with Crippen LogP contribution in [0.4, 0.5) is 18.9 Å². The Kier molecular flexibility index (Phi) is 5.45. The van der Waals surface area contributed by atoms with E-state index in [2.05, 4.69) is 10.2 Å². The van der Waals surface area contributed by atoms with Gasteiger partial charge in [-0.1, -0.05) is 0 Å². The minimum absolute atomic E-state index is 0.0402. The Balaban J connectivity index is 1.61. The van der Waals surface area contributed by atoms with E-state index in [1.165, 1.54) is 34.6 Å². The zero-order valence-corrected chi connectivity index (χ0v) is 16.9. The van der Waals surface area contributed by atoms with Crippen LogP contribution in [0.1, 0.15) is 40.5 Å². The molecule has 168 valence electrons. The first-order valence-electron chi connectivity index (χ1n) is 9.72. The molecule has 1 aliphatic rings. The number of hydrogen-bond donors (Lipinski definition) is 0. The van der Waals surface area contributed by atoms with Gasteiger partial charge in [0.25, 0.3) is 5.91 Å². The minimum atomic E-state index is -4.51. The van der Waals surface area contributed by atoms with Gasteiger partial charge in [0.15, 0.2) is 11.4 Å². The molecule has 0 radical (unpaired) electrons. The maximum absolute atomic E-state index is 13.1. The first kappa shape index (κ1) is 21.5. The number of rotatable bonds is 4. The summed E-state index contributed by atoms with van der Waals surface area (Å²) in [5, 5.41) is 19.3. The van der Waals surface area contributed by atoms with Crippen molar-refractivity contribution in [3.05, 3.63) is 63.6 Å². The summed E-state index contributed by atoms with van der Waals surface area (Å²) in [7, 11) is 1.30. The maximum Gasteiger partial charge on any atom is 0.417 e. The first-order valence-corrected chi connectivity index (χ1v) is 9.72. The van der Waals surface area contributed by atoms with Gasteiger partial charge >= 0.3 is 11.9 Å². The Morgan fingerprint density at radius 1 is 1.25 bits per heavy atom. The average molecular weight is 449 g/mol. The third kappa shape index (κ3) is 3.95. The Morgan fingerprint density at radius 3 is 2.72 bits per heavy atom. The molecule has 3 aromatic rings. The number of fused-ring (bicyclic) bond motifs is 1. The number of nitro groups is 1. The number of halogens is 3. The molecule has 0 N–H and O–H groups in total. The zero-order chi connectivity index (χ0) is 23.0. The molecule has 0 saturated carbocycles. The topological polar surface area (TPSA) is 103 Å². The molecule has 9 nitrogen and oxygen atoms in total. The van der Waals surface area contributed by atoms with Crippen molar-refractivity contribution in [2.45, 2.75) is 24.9 Å². The Bertz CT molecular complexity index is 1190. The van der Waals surface area contributed by atoms with E-state index < -0.39 is 22.6 Å². The fourth-order valence-corrected chi connectivity index (χ4v) is 3.88. The quantitative estimate of drug-likeness (QED) is 0.445. The molecule has 0 spiro atoms. The molecule has 1 aromatic carbocycles. The van der Waals surface area contributed by atoms with Gasteiger partial charge in [-0.3, -0.25) is 19.3 Å². The van der Waals surface area contributed by atoms with Crippen molar-refractivity contribution in [3.8, 4) is 5.75 Å². The van der Waals surface area contributed by atoms with E-state index in [-0.39, 0.29) is 35.1 Å². The summed E-state index contributed by atoms with van der Waals surface area (Å²) in [5.74, 6) is -0.368. The lowest BCUT2D eigenvalue weighted by atomic mass is 9.96. The fourth-order valence-electron chi connectivity index (χ4n) is 3.88. The van der Waals surface area contributed by atoms with Crippen LogP contribution in [0.25, 0.3) is 5.65 Å². The van der Waals surface area contributed by atoms with E-state index in [1.54, 1.807) is 0 Å². The second-order valence-corrected chi connectivity index (χ2v) is 7.44. The van der Waals surface area contributed by atoms with Crippen LogP contribution in [0.15, 0.2) is 36.5 Å². The number of pyridine rings is 1. The lowest BCUT2D eigenvalue weighted by Crippen LogP contribution is -2.39. The van der Waals surface area contributed by atoms with Crippen molar-refractivity contribution in [2.24, 2.45) is 0 Å². The summed E-state index contributed by atoms with van der Waals surface area (Å²) in [6, 6.07) is 6.16. The monoisotopic (exact) mass is 449 g/mol. The predicted molar refractivity (Wildman–Crippen MR) is 106 cm³/mol. The highest BCUT2D eigenvalue weighted by atomic mass is 19.4. The lowest BCUT2D eigenvalue weighted by Gasteiger charge is -2.32. The van der Waals surface area contributed by atoms with Crippen LogP contribution in [-0.2, 0) is 6.18 Å². The van der Waals surface area contributed by atoms with E-state index in [1.807, 2.05) is 0 Å². The van der Waals surface area contributed by atoms with Crippen molar-refractivity contribution in [2.75, 3.05) is 20.2 Å². The maximum atomic E-state index is 13.1. The van der Waals surface area contributed by atoms with E-state index in [9.17, 15) is 28.1 Å². The SMILES string of the molecule is COc1ccc(C(=O)N2CCCC(c3nnc4ccc(C(F)(F)F)cn34)C2)cc1[N+](=O)[O-]. The van der Waals surface area contributed by atoms with Gasteiger partial charge < -0.3 is 9.64 Å². The van der Waals surface area contributed by atoms with Crippen molar-refractivity contribution < 1.29 is 27.6 Å². The molecule has 2 aromatic heterocycles. The Morgan fingerprint density at radius 2 is 2.03 bits per heavy atom. The molecule has 1 fully saturated rings. The van der Waals surface area contributed by atoms with Crippen LogP contribution < -0.4 is 4.74 Å². The number of carbonyl (C=O) groups excluding carboxylic acids is 1. The van der Waals surface area contributed by atoms with Crippen molar-refractivity contribution in [3.63, 3.8) is 0 Å². The van der Waals surface area contributed by atoms with E-state index in [0.717, 1.165) is 18.3 Å². The van der Waals surface area contributed by atoms with Gasteiger partial charge in [0.2, 0.25) is 0 Å². The van der Waals surface area contributed by atoms with E-state index in [0.29, 0.717) is 25.2 Å². The molecule has 1 amide bonds. The number of carbonyl (C=O) groups is 1. The van der Waals surface area contributed by atoms with Gasteiger partial charge in [-0.15, -0.1) is 10.2 Å². The van der Waals surface area contributed by atoms with Gasteiger partial charge in [0.1, 0.15) is 5.82 Å².